The van der Waals surface area contributed by atoms with E-state index in [2.05, 4.69) is 31.8 Å². The van der Waals surface area contributed by atoms with Crippen molar-refractivity contribution in [2.24, 2.45) is 5.10 Å². The topological polar surface area (TPSA) is 126 Å². The quantitative estimate of drug-likeness (QED) is 0.316. The van der Waals surface area contributed by atoms with Crippen LogP contribution < -0.4 is 19.8 Å². The lowest BCUT2D eigenvalue weighted by molar-refractivity contribution is -0.123. The van der Waals surface area contributed by atoms with Crippen LogP contribution in [0.1, 0.15) is 18.4 Å². The first-order valence-electron chi connectivity index (χ1n) is 10.9. The first-order valence-corrected chi connectivity index (χ1v) is 13.5. The largest absolute Gasteiger partial charge is 0.484 e. The molecule has 35 heavy (non-hydrogen) atoms. The van der Waals surface area contributed by atoms with Gasteiger partial charge in [-0.1, -0.05) is 22.0 Å². The number of nitrogens with zero attached hydrogens (tertiary/aromatic N) is 2. The van der Waals surface area contributed by atoms with Crippen molar-refractivity contribution in [2.75, 3.05) is 36.9 Å². The molecular formula is C23H27BrN4O6S. The fourth-order valence-electron chi connectivity index (χ4n) is 3.26. The van der Waals surface area contributed by atoms with Gasteiger partial charge in [0.15, 0.2) is 6.61 Å². The van der Waals surface area contributed by atoms with Gasteiger partial charge in [-0.15, -0.1) is 0 Å². The van der Waals surface area contributed by atoms with Gasteiger partial charge >= 0.3 is 0 Å². The zero-order valence-electron chi connectivity index (χ0n) is 19.1. The van der Waals surface area contributed by atoms with Crippen molar-refractivity contribution in [3.63, 3.8) is 0 Å². The van der Waals surface area contributed by atoms with E-state index in [0.29, 0.717) is 28.0 Å². The zero-order chi connectivity index (χ0) is 25.3. The van der Waals surface area contributed by atoms with Gasteiger partial charge in [0, 0.05) is 17.6 Å². The first-order chi connectivity index (χ1) is 16.7. The van der Waals surface area contributed by atoms with Crippen LogP contribution in [-0.4, -0.2) is 65.1 Å². The molecule has 3 rings (SSSR count). The maximum absolute atomic E-state index is 12.3. The van der Waals surface area contributed by atoms with Crippen LogP contribution in [0.4, 0.5) is 5.69 Å². The third-order valence-corrected chi connectivity index (χ3v) is 6.62. The Hall–Kier alpha value is -2.96. The Balaban J connectivity index is 1.45. The van der Waals surface area contributed by atoms with E-state index >= 15 is 0 Å². The Bertz CT molecular complexity index is 1150. The summed E-state index contributed by atoms with van der Waals surface area (Å²) in [6, 6.07) is 13.4. The number of anilines is 1. The molecule has 1 aliphatic heterocycles. The summed E-state index contributed by atoms with van der Waals surface area (Å²) < 4.78 is 36.9. The van der Waals surface area contributed by atoms with Crippen LogP contribution in [0.5, 0.6) is 5.75 Å². The predicted molar refractivity (Wildman–Crippen MR) is 136 cm³/mol. The van der Waals surface area contributed by atoms with Crippen LogP contribution in [0.15, 0.2) is 58.1 Å². The van der Waals surface area contributed by atoms with Gasteiger partial charge in [0.05, 0.1) is 24.3 Å². The normalized spacial score (nSPS) is 15.7. The second-order valence-corrected chi connectivity index (χ2v) is 10.7. The van der Waals surface area contributed by atoms with Crippen LogP contribution in [0.3, 0.4) is 0 Å². The number of rotatable bonds is 11. The third kappa shape index (κ3) is 8.96. The van der Waals surface area contributed by atoms with Crippen LogP contribution in [0.2, 0.25) is 0 Å². The summed E-state index contributed by atoms with van der Waals surface area (Å²) >= 11 is 3.29. The van der Waals surface area contributed by atoms with Gasteiger partial charge in [-0.3, -0.25) is 13.9 Å². The summed E-state index contributed by atoms with van der Waals surface area (Å²) in [7, 11) is -3.68. The Kier molecular flexibility index (Phi) is 9.64. The highest BCUT2D eigenvalue weighted by molar-refractivity contribution is 9.10. The van der Waals surface area contributed by atoms with Crippen molar-refractivity contribution in [3.05, 3.63) is 58.6 Å². The van der Waals surface area contributed by atoms with Crippen molar-refractivity contribution in [1.82, 2.24) is 10.7 Å². The lowest BCUT2D eigenvalue weighted by Crippen LogP contribution is -2.39. The molecule has 0 aliphatic carbocycles. The molecule has 188 valence electrons. The number of sulfonamides is 1. The van der Waals surface area contributed by atoms with Gasteiger partial charge < -0.3 is 14.8 Å². The minimum absolute atomic E-state index is 0.0768. The molecule has 0 spiro atoms. The number of benzene rings is 2. The van der Waals surface area contributed by atoms with Gasteiger partial charge in [0.2, 0.25) is 10.0 Å². The maximum Gasteiger partial charge on any atom is 0.260 e. The molecule has 2 amide bonds. The molecule has 0 aromatic heterocycles. The standard InChI is InChI=1S/C23H27BrN4O6S/c1-35(31,32)28(19-5-2-4-18(24)12-19)15-22(29)27-26-13-17-7-9-20(10-8-17)34-16-23(30)25-14-21-6-3-11-33-21/h2,4-5,7-10,12-13,21H,3,6,11,14-16H2,1H3,(H,25,30)(H,27,29)/b26-13-/t21-/m0/s1. The molecule has 1 atom stereocenters. The van der Waals surface area contributed by atoms with Gasteiger partial charge in [0.25, 0.3) is 11.8 Å². The molecule has 1 heterocycles. The third-order valence-electron chi connectivity index (χ3n) is 4.99. The molecule has 2 aromatic rings. The van der Waals surface area contributed by atoms with E-state index in [9.17, 15) is 18.0 Å². The van der Waals surface area contributed by atoms with E-state index in [1.54, 1.807) is 48.5 Å². The van der Waals surface area contributed by atoms with Crippen molar-refractivity contribution in [2.45, 2.75) is 18.9 Å². The summed E-state index contributed by atoms with van der Waals surface area (Å²) in [5.41, 5.74) is 3.36. The van der Waals surface area contributed by atoms with Crippen molar-refractivity contribution < 1.29 is 27.5 Å². The Morgan fingerprint density at radius 1 is 1.23 bits per heavy atom. The van der Waals surface area contributed by atoms with E-state index < -0.39 is 22.5 Å². The summed E-state index contributed by atoms with van der Waals surface area (Å²) in [6.07, 6.45) is 4.49. The lowest BCUT2D eigenvalue weighted by atomic mass is 10.2. The second-order valence-electron chi connectivity index (χ2n) is 7.84. The first kappa shape index (κ1) is 26.6. The smallest absolute Gasteiger partial charge is 0.260 e. The molecule has 0 unspecified atom stereocenters. The fourth-order valence-corrected chi connectivity index (χ4v) is 4.49. The fraction of sp³-hybridized carbons (Fsp3) is 0.348. The van der Waals surface area contributed by atoms with E-state index in [4.69, 9.17) is 9.47 Å². The van der Waals surface area contributed by atoms with Crippen molar-refractivity contribution in [1.29, 1.82) is 0 Å². The molecule has 0 radical (unpaired) electrons. The number of halogens is 1. The van der Waals surface area contributed by atoms with E-state index in [-0.39, 0.29) is 18.6 Å². The molecule has 0 bridgehead atoms. The highest BCUT2D eigenvalue weighted by Crippen LogP contribution is 2.21. The minimum Gasteiger partial charge on any atom is -0.484 e. The van der Waals surface area contributed by atoms with Crippen LogP contribution in [0.25, 0.3) is 0 Å². The molecule has 1 fully saturated rings. The number of ether oxygens (including phenoxy) is 2. The number of carbonyl (C=O) groups is 2. The van der Waals surface area contributed by atoms with E-state index in [1.807, 2.05) is 0 Å². The summed E-state index contributed by atoms with van der Waals surface area (Å²) in [5, 5.41) is 6.67. The highest BCUT2D eigenvalue weighted by atomic mass is 79.9. The summed E-state index contributed by atoms with van der Waals surface area (Å²) in [6.45, 7) is 0.689. The average molecular weight is 567 g/mol. The Labute approximate surface area is 212 Å². The number of nitrogens with one attached hydrogen (secondary N) is 2. The maximum atomic E-state index is 12.3. The van der Waals surface area contributed by atoms with Gasteiger partial charge in [-0.05, 0) is 60.9 Å². The van der Waals surface area contributed by atoms with Gasteiger partial charge in [-0.2, -0.15) is 5.10 Å². The Morgan fingerprint density at radius 3 is 2.66 bits per heavy atom. The van der Waals surface area contributed by atoms with Crippen LogP contribution in [0, 0.1) is 0 Å². The Morgan fingerprint density at radius 2 is 2.00 bits per heavy atom. The molecule has 2 N–H and O–H groups in total. The molecule has 1 aliphatic rings. The number of carbonyl (C=O) groups excluding carboxylic acids is 2. The average Bonchev–Trinajstić information content (AvgIpc) is 3.34. The number of hydrazone groups is 1. The summed E-state index contributed by atoms with van der Waals surface area (Å²) in [5.74, 6) is -0.309. The number of amides is 2. The van der Waals surface area contributed by atoms with Crippen LogP contribution >= 0.6 is 15.9 Å². The van der Waals surface area contributed by atoms with Crippen molar-refractivity contribution >= 4 is 49.7 Å². The molecular weight excluding hydrogens is 540 g/mol. The van der Waals surface area contributed by atoms with E-state index in [0.717, 1.165) is 30.0 Å². The molecule has 1 saturated heterocycles. The second kappa shape index (κ2) is 12.7. The SMILES string of the molecule is CS(=O)(=O)N(CC(=O)N/N=C\c1ccc(OCC(=O)NC[C@@H]2CCCO2)cc1)c1cccc(Br)c1. The van der Waals surface area contributed by atoms with Crippen LogP contribution in [-0.2, 0) is 24.3 Å². The molecule has 10 nitrogen and oxygen atoms in total. The zero-order valence-corrected chi connectivity index (χ0v) is 21.5. The predicted octanol–water partition coefficient (Wildman–Crippen LogP) is 2.04. The van der Waals surface area contributed by atoms with Gasteiger partial charge in [-0.25, -0.2) is 13.8 Å². The number of hydrogen-bond acceptors (Lipinski definition) is 7. The minimum atomic E-state index is -3.68. The molecule has 0 saturated carbocycles. The van der Waals surface area contributed by atoms with Crippen molar-refractivity contribution in [3.8, 4) is 5.75 Å². The summed E-state index contributed by atoms with van der Waals surface area (Å²) in [4.78, 5) is 24.2. The monoisotopic (exact) mass is 566 g/mol. The molecule has 2 aromatic carbocycles. The molecule has 12 heteroatoms. The number of hydrogen-bond donors (Lipinski definition) is 2. The van der Waals surface area contributed by atoms with E-state index in [1.165, 1.54) is 6.21 Å². The van der Waals surface area contributed by atoms with Gasteiger partial charge in [0.1, 0.15) is 12.3 Å². The highest BCUT2D eigenvalue weighted by Gasteiger charge is 2.21. The lowest BCUT2D eigenvalue weighted by Gasteiger charge is -2.21.